The molecule has 5 aliphatic rings. The van der Waals surface area contributed by atoms with E-state index in [4.69, 9.17) is 6.57 Å². The first-order valence-corrected chi connectivity index (χ1v) is 17.6. The molecule has 1 spiro atoms. The minimum Gasteiger partial charge on any atom is -0.310 e. The molecule has 4 bridgehead atoms. The highest BCUT2D eigenvalue weighted by Gasteiger charge is 2.62. The fraction of sp³-hybridized carbons (Fsp3) is 0.311. The molecule has 4 fully saturated rings. The Morgan fingerprint density at radius 1 is 0.617 bits per heavy atom. The van der Waals surface area contributed by atoms with Crippen molar-refractivity contribution in [3.63, 3.8) is 0 Å². The Kier molecular flexibility index (Phi) is 6.36. The van der Waals surface area contributed by atoms with Crippen LogP contribution in [-0.4, -0.2) is 0 Å². The standard InChI is InChI=1S/C45H42N2/c1-44(2,3)32-16-20-37(21-17-32)47(36-10-6-5-7-11-36)38-27-40(31-14-18-35(46-4)19-15-31)43-39-12-8-9-13-41(39)45(42(43)28-38)33-23-29-22-30(25-33)26-34(45)24-29/h5-21,27-30,33-34H,22-26H2,1-3H3. The van der Waals surface area contributed by atoms with E-state index in [9.17, 15) is 0 Å². The normalized spacial score (nSPS) is 25.0. The average Bonchev–Trinajstić information content (AvgIpc) is 3.38. The van der Waals surface area contributed by atoms with Crippen molar-refractivity contribution in [2.45, 2.75) is 63.7 Å². The van der Waals surface area contributed by atoms with Crippen molar-refractivity contribution in [1.82, 2.24) is 0 Å². The molecule has 10 rings (SSSR count). The highest BCUT2D eigenvalue weighted by molar-refractivity contribution is 5.96. The number of hydrogen-bond acceptors (Lipinski definition) is 1. The molecule has 0 heterocycles. The van der Waals surface area contributed by atoms with E-state index in [2.05, 4.69) is 134 Å². The van der Waals surface area contributed by atoms with Gasteiger partial charge < -0.3 is 4.90 Å². The van der Waals surface area contributed by atoms with Crippen LogP contribution >= 0.6 is 0 Å². The second kappa shape index (κ2) is 10.4. The van der Waals surface area contributed by atoms with E-state index in [0.29, 0.717) is 17.5 Å². The van der Waals surface area contributed by atoms with Crippen molar-refractivity contribution in [3.05, 3.63) is 143 Å². The summed E-state index contributed by atoms with van der Waals surface area (Å²) in [4.78, 5) is 6.19. The van der Waals surface area contributed by atoms with Crippen LogP contribution in [0.25, 0.3) is 27.1 Å². The van der Waals surface area contributed by atoms with E-state index < -0.39 is 0 Å². The van der Waals surface area contributed by atoms with Gasteiger partial charge in [-0.05, 0) is 137 Å². The number of anilines is 3. The third-order valence-electron chi connectivity index (χ3n) is 12.2. The van der Waals surface area contributed by atoms with Gasteiger partial charge in [-0.1, -0.05) is 99.6 Å². The van der Waals surface area contributed by atoms with Crippen LogP contribution in [0.4, 0.5) is 22.7 Å². The summed E-state index contributed by atoms with van der Waals surface area (Å²) in [5.41, 5.74) is 14.1. The van der Waals surface area contributed by atoms with Crippen LogP contribution in [0.2, 0.25) is 0 Å². The predicted octanol–water partition coefficient (Wildman–Crippen LogP) is 12.4. The van der Waals surface area contributed by atoms with E-state index in [0.717, 1.165) is 11.8 Å². The Morgan fingerprint density at radius 3 is 1.87 bits per heavy atom. The Labute approximate surface area is 279 Å². The van der Waals surface area contributed by atoms with E-state index in [1.54, 1.807) is 11.1 Å². The van der Waals surface area contributed by atoms with Crippen LogP contribution in [-0.2, 0) is 10.8 Å². The van der Waals surface area contributed by atoms with Gasteiger partial charge in [-0.25, -0.2) is 4.85 Å². The molecule has 232 valence electrons. The van der Waals surface area contributed by atoms with Gasteiger partial charge in [0.15, 0.2) is 5.69 Å². The molecule has 47 heavy (non-hydrogen) atoms. The van der Waals surface area contributed by atoms with Crippen LogP contribution in [0.15, 0.2) is 115 Å². The summed E-state index contributed by atoms with van der Waals surface area (Å²) in [6.07, 6.45) is 6.88. The molecule has 0 radical (unpaired) electrons. The summed E-state index contributed by atoms with van der Waals surface area (Å²) in [7, 11) is 0. The Morgan fingerprint density at radius 2 is 1.23 bits per heavy atom. The molecule has 0 unspecified atom stereocenters. The van der Waals surface area contributed by atoms with Crippen LogP contribution in [0.5, 0.6) is 0 Å². The summed E-state index contributed by atoms with van der Waals surface area (Å²) in [5.74, 6) is 3.16. The minimum absolute atomic E-state index is 0.0546. The summed E-state index contributed by atoms with van der Waals surface area (Å²) < 4.78 is 0. The molecule has 0 atom stereocenters. The maximum atomic E-state index is 7.61. The van der Waals surface area contributed by atoms with Gasteiger partial charge in [-0.2, -0.15) is 0 Å². The Hall–Kier alpha value is -4.61. The SMILES string of the molecule is [C-]#[N+]c1ccc(-c2cc(N(c3ccccc3)c3ccc(C(C)(C)C)cc3)cc3c2-c2ccccc2C32C3CC4CC(C3)CC2C4)cc1. The fourth-order valence-electron chi connectivity index (χ4n) is 10.5. The van der Waals surface area contributed by atoms with E-state index in [1.807, 2.05) is 12.1 Å². The van der Waals surface area contributed by atoms with Crippen molar-refractivity contribution in [2.75, 3.05) is 4.90 Å². The van der Waals surface area contributed by atoms with Crippen molar-refractivity contribution in [1.29, 1.82) is 0 Å². The quantitative estimate of drug-likeness (QED) is 0.184. The van der Waals surface area contributed by atoms with Gasteiger partial charge in [-0.15, -0.1) is 0 Å². The summed E-state index contributed by atoms with van der Waals surface area (Å²) in [6.45, 7) is 14.5. The topological polar surface area (TPSA) is 7.60 Å². The predicted molar refractivity (Wildman–Crippen MR) is 195 cm³/mol. The number of rotatable bonds is 4. The Bertz CT molecular complexity index is 1990. The minimum atomic E-state index is 0.0546. The number of benzene rings is 5. The summed E-state index contributed by atoms with van der Waals surface area (Å²) >= 11 is 0. The summed E-state index contributed by atoms with van der Waals surface area (Å²) in [5, 5.41) is 0. The Balaban J connectivity index is 1.33. The molecule has 0 aromatic heterocycles. The fourth-order valence-corrected chi connectivity index (χ4v) is 10.5. The lowest BCUT2D eigenvalue weighted by Gasteiger charge is -2.61. The van der Waals surface area contributed by atoms with E-state index >= 15 is 0 Å². The smallest absolute Gasteiger partial charge is 0.187 e. The summed E-state index contributed by atoms with van der Waals surface area (Å²) in [6, 6.07) is 42.8. The van der Waals surface area contributed by atoms with Crippen LogP contribution in [0, 0.1) is 30.2 Å². The average molecular weight is 611 g/mol. The van der Waals surface area contributed by atoms with Crippen molar-refractivity contribution in [2.24, 2.45) is 23.7 Å². The lowest BCUT2D eigenvalue weighted by molar-refractivity contribution is -0.0399. The van der Waals surface area contributed by atoms with Gasteiger partial charge in [0, 0.05) is 22.5 Å². The van der Waals surface area contributed by atoms with Gasteiger partial charge in [-0.3, -0.25) is 0 Å². The van der Waals surface area contributed by atoms with Gasteiger partial charge in [0.2, 0.25) is 0 Å². The first-order chi connectivity index (χ1) is 22.8. The highest BCUT2D eigenvalue weighted by atomic mass is 15.1. The van der Waals surface area contributed by atoms with E-state index in [1.165, 1.54) is 77.0 Å². The van der Waals surface area contributed by atoms with Gasteiger partial charge in [0.25, 0.3) is 0 Å². The molecular weight excluding hydrogens is 569 g/mol. The zero-order valence-corrected chi connectivity index (χ0v) is 27.7. The molecular formula is C45H42N2. The number of hydrogen-bond donors (Lipinski definition) is 0. The molecule has 2 heteroatoms. The second-order valence-corrected chi connectivity index (χ2v) is 15.8. The molecule has 0 saturated heterocycles. The first-order valence-electron chi connectivity index (χ1n) is 17.6. The number of para-hydroxylation sites is 1. The second-order valence-electron chi connectivity index (χ2n) is 15.8. The maximum absolute atomic E-state index is 7.61. The molecule has 5 aromatic carbocycles. The lowest BCUT2D eigenvalue weighted by atomic mass is 9.43. The third kappa shape index (κ3) is 4.29. The van der Waals surface area contributed by atoms with Crippen LogP contribution in [0.1, 0.15) is 69.6 Å². The third-order valence-corrected chi connectivity index (χ3v) is 12.2. The first kappa shape index (κ1) is 28.6. The lowest BCUT2D eigenvalue weighted by Crippen LogP contribution is -2.55. The molecule has 5 aliphatic carbocycles. The largest absolute Gasteiger partial charge is 0.310 e. The molecule has 5 aromatic rings. The number of nitrogens with zero attached hydrogens (tertiary/aromatic N) is 2. The maximum Gasteiger partial charge on any atom is 0.187 e. The molecule has 2 nitrogen and oxygen atoms in total. The molecule has 0 amide bonds. The zero-order valence-electron chi connectivity index (χ0n) is 27.7. The molecule has 0 N–H and O–H groups in total. The molecule has 4 saturated carbocycles. The highest BCUT2D eigenvalue weighted by Crippen LogP contribution is 2.70. The van der Waals surface area contributed by atoms with Crippen LogP contribution < -0.4 is 4.90 Å². The van der Waals surface area contributed by atoms with Gasteiger partial charge >= 0.3 is 0 Å². The van der Waals surface area contributed by atoms with Gasteiger partial charge in [0.05, 0.1) is 6.57 Å². The van der Waals surface area contributed by atoms with Crippen molar-refractivity contribution < 1.29 is 0 Å². The van der Waals surface area contributed by atoms with Gasteiger partial charge in [0.1, 0.15) is 0 Å². The molecule has 0 aliphatic heterocycles. The van der Waals surface area contributed by atoms with Crippen molar-refractivity contribution >= 4 is 22.7 Å². The van der Waals surface area contributed by atoms with Crippen LogP contribution in [0.3, 0.4) is 0 Å². The van der Waals surface area contributed by atoms with Crippen molar-refractivity contribution in [3.8, 4) is 22.3 Å². The monoisotopic (exact) mass is 610 g/mol. The zero-order chi connectivity index (χ0) is 31.9. The van der Waals surface area contributed by atoms with E-state index in [-0.39, 0.29) is 10.8 Å². The number of fused-ring (bicyclic) bond motifs is 3.